The van der Waals surface area contributed by atoms with E-state index < -0.39 is 5.72 Å². The van der Waals surface area contributed by atoms with Crippen molar-refractivity contribution >= 4 is 0 Å². The molecule has 0 saturated carbocycles. The van der Waals surface area contributed by atoms with E-state index in [4.69, 9.17) is 9.47 Å². The molecule has 3 rings (SSSR count). The molecule has 2 heterocycles. The summed E-state index contributed by atoms with van der Waals surface area (Å²) in [4.78, 5) is 2.56. The first-order valence-corrected chi connectivity index (χ1v) is 9.73. The second kappa shape index (κ2) is 9.10. The molecular formula is C20H33N3O2. The molecule has 2 fully saturated rings. The molecule has 5 nitrogen and oxygen atoms in total. The fourth-order valence-corrected chi connectivity index (χ4v) is 4.11. The lowest BCUT2D eigenvalue weighted by Crippen LogP contribution is -2.66. The average Bonchev–Trinajstić information content (AvgIpc) is 2.69. The van der Waals surface area contributed by atoms with Gasteiger partial charge in [0.15, 0.2) is 0 Å². The number of methoxy groups -OCH3 is 1. The van der Waals surface area contributed by atoms with Crippen LogP contribution in [0.5, 0.6) is 0 Å². The molecule has 2 saturated heterocycles. The monoisotopic (exact) mass is 347 g/mol. The highest BCUT2D eigenvalue weighted by Gasteiger charge is 2.44. The fourth-order valence-electron chi connectivity index (χ4n) is 4.11. The summed E-state index contributed by atoms with van der Waals surface area (Å²) >= 11 is 0. The van der Waals surface area contributed by atoms with Gasteiger partial charge >= 0.3 is 0 Å². The molecule has 2 aliphatic rings. The number of likely N-dealkylation sites (tertiary alicyclic amines) is 1. The van der Waals surface area contributed by atoms with E-state index in [1.54, 1.807) is 0 Å². The van der Waals surface area contributed by atoms with Crippen LogP contribution in [0.15, 0.2) is 30.3 Å². The van der Waals surface area contributed by atoms with Crippen LogP contribution in [0, 0.1) is 0 Å². The first kappa shape index (κ1) is 18.8. The van der Waals surface area contributed by atoms with Gasteiger partial charge in [0.1, 0.15) is 11.8 Å². The zero-order valence-electron chi connectivity index (χ0n) is 15.7. The molecule has 0 spiro atoms. The van der Waals surface area contributed by atoms with Crippen molar-refractivity contribution in [3.8, 4) is 0 Å². The summed E-state index contributed by atoms with van der Waals surface area (Å²) < 4.78 is 12.1. The summed E-state index contributed by atoms with van der Waals surface area (Å²) in [5, 5.41) is 7.32. The van der Waals surface area contributed by atoms with E-state index >= 15 is 0 Å². The summed E-state index contributed by atoms with van der Waals surface area (Å²) in [6.45, 7) is 6.75. The molecule has 1 aromatic rings. The third kappa shape index (κ3) is 4.41. The lowest BCUT2D eigenvalue weighted by molar-refractivity contribution is -0.173. The van der Waals surface area contributed by atoms with E-state index in [1.807, 2.05) is 14.0 Å². The molecule has 0 aromatic heterocycles. The molecule has 2 aliphatic heterocycles. The molecule has 1 aromatic carbocycles. The Labute approximate surface area is 152 Å². The molecular weight excluding hydrogens is 314 g/mol. The maximum Gasteiger partial charge on any atom is 0.149 e. The van der Waals surface area contributed by atoms with Crippen LogP contribution < -0.4 is 10.6 Å². The zero-order valence-corrected chi connectivity index (χ0v) is 15.7. The van der Waals surface area contributed by atoms with Crippen molar-refractivity contribution in [1.82, 2.24) is 15.5 Å². The van der Waals surface area contributed by atoms with Gasteiger partial charge in [-0.3, -0.25) is 10.2 Å². The normalized spacial score (nSPS) is 29.4. The predicted molar refractivity (Wildman–Crippen MR) is 100 cm³/mol. The van der Waals surface area contributed by atoms with Gasteiger partial charge in [-0.1, -0.05) is 36.8 Å². The minimum Gasteiger partial charge on any atom is -0.373 e. The summed E-state index contributed by atoms with van der Waals surface area (Å²) in [6, 6.07) is 10.8. The second-order valence-corrected chi connectivity index (χ2v) is 7.05. The Morgan fingerprint density at radius 2 is 2.00 bits per heavy atom. The van der Waals surface area contributed by atoms with Crippen molar-refractivity contribution in [2.45, 2.75) is 50.6 Å². The van der Waals surface area contributed by atoms with Crippen LogP contribution in [0.25, 0.3) is 0 Å². The van der Waals surface area contributed by atoms with Crippen LogP contribution in [-0.4, -0.2) is 56.6 Å². The number of ether oxygens (including phenoxy) is 2. The van der Waals surface area contributed by atoms with Gasteiger partial charge in [-0.05, 0) is 45.0 Å². The first-order chi connectivity index (χ1) is 12.3. The lowest BCUT2D eigenvalue weighted by atomic mass is 9.96. The van der Waals surface area contributed by atoms with Gasteiger partial charge in [-0.15, -0.1) is 0 Å². The number of rotatable bonds is 7. The van der Waals surface area contributed by atoms with Crippen LogP contribution in [0.2, 0.25) is 0 Å². The standard InChI is InChI=1S/C20H33N3O2/c1-3-25-18-16-21-13-12-20(18,24-2)22-19(17-10-6-4-7-11-17)23-14-8-5-9-15-23/h4,6-7,10-11,18-19,21-22H,3,5,8-9,12-16H2,1-2H3. The third-order valence-electron chi connectivity index (χ3n) is 5.51. The molecule has 3 atom stereocenters. The van der Waals surface area contributed by atoms with Crippen molar-refractivity contribution in [3.05, 3.63) is 35.9 Å². The molecule has 5 heteroatoms. The van der Waals surface area contributed by atoms with E-state index in [1.165, 1.54) is 24.8 Å². The van der Waals surface area contributed by atoms with Gasteiger partial charge < -0.3 is 14.8 Å². The highest BCUT2D eigenvalue weighted by atomic mass is 16.6. The lowest BCUT2D eigenvalue weighted by Gasteiger charge is -2.48. The molecule has 2 N–H and O–H groups in total. The molecule has 0 amide bonds. The van der Waals surface area contributed by atoms with Gasteiger partial charge in [0.25, 0.3) is 0 Å². The molecule has 25 heavy (non-hydrogen) atoms. The summed E-state index contributed by atoms with van der Waals surface area (Å²) in [5.74, 6) is 0. The van der Waals surface area contributed by atoms with Crippen LogP contribution in [0.3, 0.4) is 0 Å². The first-order valence-electron chi connectivity index (χ1n) is 9.73. The Balaban J connectivity index is 1.86. The van der Waals surface area contributed by atoms with Gasteiger partial charge in [-0.25, -0.2) is 0 Å². The summed E-state index contributed by atoms with van der Waals surface area (Å²) in [6.07, 6.45) is 4.92. The van der Waals surface area contributed by atoms with E-state index in [0.29, 0.717) is 6.61 Å². The Morgan fingerprint density at radius 3 is 2.68 bits per heavy atom. The number of benzene rings is 1. The summed E-state index contributed by atoms with van der Waals surface area (Å²) in [7, 11) is 1.81. The van der Waals surface area contributed by atoms with E-state index in [-0.39, 0.29) is 12.3 Å². The predicted octanol–water partition coefficient (Wildman–Crippen LogP) is 2.50. The van der Waals surface area contributed by atoms with Crippen molar-refractivity contribution in [2.75, 3.05) is 39.9 Å². The minimum absolute atomic E-state index is 0.00672. The SMILES string of the molecule is CCOC1CNCCC1(NC(c1ccccc1)N1CCCCC1)OC. The average molecular weight is 348 g/mol. The Morgan fingerprint density at radius 1 is 1.24 bits per heavy atom. The molecule has 0 aliphatic carbocycles. The van der Waals surface area contributed by atoms with Crippen LogP contribution in [0.4, 0.5) is 0 Å². The van der Waals surface area contributed by atoms with E-state index in [0.717, 1.165) is 32.6 Å². The minimum atomic E-state index is -0.459. The Hall–Kier alpha value is -0.980. The Bertz CT molecular complexity index is 505. The van der Waals surface area contributed by atoms with Crippen LogP contribution in [0.1, 0.15) is 44.3 Å². The summed E-state index contributed by atoms with van der Waals surface area (Å²) in [5.41, 5.74) is 0.841. The highest BCUT2D eigenvalue weighted by Crippen LogP contribution is 2.30. The van der Waals surface area contributed by atoms with E-state index in [2.05, 4.69) is 45.9 Å². The largest absolute Gasteiger partial charge is 0.373 e. The number of piperidine rings is 2. The van der Waals surface area contributed by atoms with Crippen molar-refractivity contribution in [2.24, 2.45) is 0 Å². The fraction of sp³-hybridized carbons (Fsp3) is 0.700. The maximum absolute atomic E-state index is 6.08. The van der Waals surface area contributed by atoms with Gasteiger partial charge in [0, 0.05) is 26.7 Å². The second-order valence-electron chi connectivity index (χ2n) is 7.05. The topological polar surface area (TPSA) is 45.8 Å². The zero-order chi connectivity index (χ0) is 17.5. The highest BCUT2D eigenvalue weighted by molar-refractivity contribution is 5.19. The maximum atomic E-state index is 6.08. The van der Waals surface area contributed by atoms with Gasteiger partial charge in [0.2, 0.25) is 0 Å². The molecule has 140 valence electrons. The molecule has 0 bridgehead atoms. The van der Waals surface area contributed by atoms with Crippen molar-refractivity contribution in [3.63, 3.8) is 0 Å². The number of nitrogens with zero attached hydrogens (tertiary/aromatic N) is 1. The van der Waals surface area contributed by atoms with Crippen molar-refractivity contribution in [1.29, 1.82) is 0 Å². The third-order valence-corrected chi connectivity index (χ3v) is 5.51. The number of hydrogen-bond donors (Lipinski definition) is 2. The van der Waals surface area contributed by atoms with Crippen LogP contribution in [-0.2, 0) is 9.47 Å². The van der Waals surface area contributed by atoms with E-state index in [9.17, 15) is 0 Å². The molecule has 0 radical (unpaired) electrons. The number of hydrogen-bond acceptors (Lipinski definition) is 5. The van der Waals surface area contributed by atoms with Gasteiger partial charge in [0.05, 0.1) is 6.17 Å². The van der Waals surface area contributed by atoms with Crippen LogP contribution >= 0.6 is 0 Å². The van der Waals surface area contributed by atoms with Crippen molar-refractivity contribution < 1.29 is 9.47 Å². The molecule has 3 unspecified atom stereocenters. The quantitative estimate of drug-likeness (QED) is 0.742. The van der Waals surface area contributed by atoms with Gasteiger partial charge in [-0.2, -0.15) is 0 Å². The Kier molecular flexibility index (Phi) is 6.84. The number of nitrogens with one attached hydrogen (secondary N) is 2. The smallest absolute Gasteiger partial charge is 0.149 e.